The van der Waals surface area contributed by atoms with Crippen LogP contribution in [-0.4, -0.2) is 19.7 Å². The van der Waals surface area contributed by atoms with Gasteiger partial charge in [0.05, 0.1) is 17.2 Å². The standard InChI is InChI=1S/C11H11FN4O2/c1-7-10(4-13-5-11(7)12)8(2)15-6-9(3-14-15)16(17)18/h3-6,8H,1-2H3. The average molecular weight is 250 g/mol. The predicted octanol–water partition coefficient (Wildman–Crippen LogP) is 2.24. The molecule has 0 amide bonds. The lowest BCUT2D eigenvalue weighted by Gasteiger charge is -2.14. The minimum atomic E-state index is -0.521. The molecule has 18 heavy (non-hydrogen) atoms. The second-order valence-electron chi connectivity index (χ2n) is 3.95. The molecule has 94 valence electrons. The van der Waals surface area contributed by atoms with Gasteiger partial charge < -0.3 is 0 Å². The quantitative estimate of drug-likeness (QED) is 0.618. The zero-order chi connectivity index (χ0) is 13.3. The average Bonchev–Trinajstić information content (AvgIpc) is 2.81. The first kappa shape index (κ1) is 12.2. The third-order valence-electron chi connectivity index (χ3n) is 2.84. The van der Waals surface area contributed by atoms with E-state index in [-0.39, 0.29) is 11.7 Å². The van der Waals surface area contributed by atoms with Crippen molar-refractivity contribution < 1.29 is 9.31 Å². The summed E-state index contributed by atoms with van der Waals surface area (Å²) >= 11 is 0. The molecule has 0 aliphatic heterocycles. The number of rotatable bonds is 3. The highest BCUT2D eigenvalue weighted by atomic mass is 19.1. The fourth-order valence-electron chi connectivity index (χ4n) is 1.71. The number of hydrogen-bond donors (Lipinski definition) is 0. The van der Waals surface area contributed by atoms with Crippen molar-refractivity contribution in [3.63, 3.8) is 0 Å². The summed E-state index contributed by atoms with van der Waals surface area (Å²) in [6.07, 6.45) is 5.15. The van der Waals surface area contributed by atoms with Crippen LogP contribution in [0.2, 0.25) is 0 Å². The van der Waals surface area contributed by atoms with Gasteiger partial charge in [-0.1, -0.05) is 0 Å². The second kappa shape index (κ2) is 4.52. The lowest BCUT2D eigenvalue weighted by atomic mass is 10.1. The first-order valence-electron chi connectivity index (χ1n) is 5.29. The van der Waals surface area contributed by atoms with E-state index in [9.17, 15) is 14.5 Å². The molecule has 1 atom stereocenters. The molecule has 0 radical (unpaired) electrons. The van der Waals surface area contributed by atoms with Gasteiger partial charge in [-0.25, -0.2) is 4.39 Å². The fourth-order valence-corrected chi connectivity index (χ4v) is 1.71. The third-order valence-corrected chi connectivity index (χ3v) is 2.84. The minimum absolute atomic E-state index is 0.0936. The van der Waals surface area contributed by atoms with Gasteiger partial charge in [0.1, 0.15) is 18.2 Å². The molecule has 2 aromatic rings. The third kappa shape index (κ3) is 2.06. The summed E-state index contributed by atoms with van der Waals surface area (Å²) in [5.41, 5.74) is 1.02. The summed E-state index contributed by atoms with van der Waals surface area (Å²) in [5.74, 6) is -0.402. The summed E-state index contributed by atoms with van der Waals surface area (Å²) in [5, 5.41) is 14.5. The van der Waals surface area contributed by atoms with Crippen LogP contribution in [0.4, 0.5) is 10.1 Å². The monoisotopic (exact) mass is 250 g/mol. The Labute approximate surface area is 102 Å². The van der Waals surface area contributed by atoms with Gasteiger partial charge in [0.15, 0.2) is 0 Å². The Kier molecular flexibility index (Phi) is 3.05. The van der Waals surface area contributed by atoms with E-state index in [0.29, 0.717) is 11.1 Å². The second-order valence-corrected chi connectivity index (χ2v) is 3.95. The predicted molar refractivity (Wildman–Crippen MR) is 61.6 cm³/mol. The van der Waals surface area contributed by atoms with Gasteiger partial charge >= 0.3 is 5.69 Å². The zero-order valence-electron chi connectivity index (χ0n) is 9.87. The van der Waals surface area contributed by atoms with Crippen LogP contribution >= 0.6 is 0 Å². The first-order chi connectivity index (χ1) is 8.50. The van der Waals surface area contributed by atoms with Crippen LogP contribution in [0.1, 0.15) is 24.1 Å². The summed E-state index contributed by atoms with van der Waals surface area (Å²) in [4.78, 5) is 13.8. The number of halogens is 1. The molecule has 1 unspecified atom stereocenters. The Bertz CT molecular complexity index is 596. The van der Waals surface area contributed by atoms with Gasteiger partial charge in [0, 0.05) is 11.8 Å². The highest BCUT2D eigenvalue weighted by Gasteiger charge is 2.17. The minimum Gasteiger partial charge on any atom is -0.261 e. The molecule has 0 saturated heterocycles. The van der Waals surface area contributed by atoms with E-state index in [4.69, 9.17) is 0 Å². The van der Waals surface area contributed by atoms with E-state index in [1.807, 2.05) is 0 Å². The Hall–Kier alpha value is -2.31. The lowest BCUT2D eigenvalue weighted by Crippen LogP contribution is -2.10. The molecule has 2 aromatic heterocycles. The van der Waals surface area contributed by atoms with Crippen molar-refractivity contribution in [2.45, 2.75) is 19.9 Å². The first-order valence-corrected chi connectivity index (χ1v) is 5.29. The highest BCUT2D eigenvalue weighted by Crippen LogP contribution is 2.23. The van der Waals surface area contributed by atoms with E-state index >= 15 is 0 Å². The molecule has 2 rings (SSSR count). The maximum absolute atomic E-state index is 13.4. The number of nitro groups is 1. The molecule has 0 fully saturated rings. The maximum atomic E-state index is 13.4. The van der Waals surface area contributed by atoms with Crippen molar-refractivity contribution in [2.24, 2.45) is 0 Å². The molecule has 2 heterocycles. The number of aromatic nitrogens is 3. The molecular formula is C11H11FN4O2. The van der Waals surface area contributed by atoms with Crippen LogP contribution in [0.3, 0.4) is 0 Å². The van der Waals surface area contributed by atoms with Crippen LogP contribution < -0.4 is 0 Å². The molecule has 0 N–H and O–H groups in total. The van der Waals surface area contributed by atoms with E-state index in [1.54, 1.807) is 13.8 Å². The van der Waals surface area contributed by atoms with E-state index in [2.05, 4.69) is 10.1 Å². The van der Waals surface area contributed by atoms with Crippen LogP contribution in [0.5, 0.6) is 0 Å². The normalized spacial score (nSPS) is 12.4. The summed E-state index contributed by atoms with van der Waals surface area (Å²) in [7, 11) is 0. The van der Waals surface area contributed by atoms with Crippen molar-refractivity contribution in [1.82, 2.24) is 14.8 Å². The van der Waals surface area contributed by atoms with Gasteiger partial charge in [-0.05, 0) is 19.4 Å². The van der Waals surface area contributed by atoms with Gasteiger partial charge in [0.25, 0.3) is 0 Å². The van der Waals surface area contributed by atoms with Crippen molar-refractivity contribution in [3.8, 4) is 0 Å². The van der Waals surface area contributed by atoms with Crippen LogP contribution in [0.25, 0.3) is 0 Å². The SMILES string of the molecule is Cc1c(F)cncc1C(C)n1cc([N+](=O)[O-])cn1. The van der Waals surface area contributed by atoms with Gasteiger partial charge in [-0.3, -0.25) is 19.8 Å². The molecule has 7 heteroatoms. The van der Waals surface area contributed by atoms with Crippen LogP contribution in [0.15, 0.2) is 24.8 Å². The molecule has 6 nitrogen and oxygen atoms in total. The van der Waals surface area contributed by atoms with Crippen molar-refractivity contribution in [3.05, 3.63) is 51.8 Å². The lowest BCUT2D eigenvalue weighted by molar-refractivity contribution is -0.385. The van der Waals surface area contributed by atoms with E-state index in [1.165, 1.54) is 23.3 Å². The molecule has 0 aliphatic rings. The van der Waals surface area contributed by atoms with Gasteiger partial charge in [0.2, 0.25) is 0 Å². The van der Waals surface area contributed by atoms with Gasteiger partial charge in [-0.2, -0.15) is 5.10 Å². The molecule has 0 saturated carbocycles. The Morgan fingerprint density at radius 1 is 1.44 bits per heavy atom. The maximum Gasteiger partial charge on any atom is 0.307 e. The topological polar surface area (TPSA) is 73.8 Å². The smallest absolute Gasteiger partial charge is 0.261 e. The number of pyridine rings is 1. The van der Waals surface area contributed by atoms with Crippen LogP contribution in [0, 0.1) is 22.9 Å². The molecule has 0 aliphatic carbocycles. The fraction of sp³-hybridized carbons (Fsp3) is 0.273. The molecular weight excluding hydrogens is 239 g/mol. The Balaban J connectivity index is 2.38. The van der Waals surface area contributed by atoms with Crippen LogP contribution in [-0.2, 0) is 0 Å². The summed E-state index contributed by atoms with van der Waals surface area (Å²) in [6.45, 7) is 3.42. The number of hydrogen-bond acceptors (Lipinski definition) is 4. The largest absolute Gasteiger partial charge is 0.307 e. The van der Waals surface area contributed by atoms with Crippen molar-refractivity contribution in [2.75, 3.05) is 0 Å². The van der Waals surface area contributed by atoms with Crippen molar-refractivity contribution in [1.29, 1.82) is 0 Å². The Morgan fingerprint density at radius 3 is 2.78 bits per heavy atom. The molecule has 0 bridgehead atoms. The Morgan fingerprint density at radius 2 is 2.17 bits per heavy atom. The number of nitrogens with zero attached hydrogens (tertiary/aromatic N) is 4. The zero-order valence-corrected chi connectivity index (χ0v) is 9.87. The van der Waals surface area contributed by atoms with Crippen molar-refractivity contribution >= 4 is 5.69 Å². The van der Waals surface area contributed by atoms with Gasteiger partial charge in [-0.15, -0.1) is 0 Å². The molecule has 0 aromatic carbocycles. The summed E-state index contributed by atoms with van der Waals surface area (Å²) < 4.78 is 14.8. The highest BCUT2D eigenvalue weighted by molar-refractivity contribution is 5.28. The van der Waals surface area contributed by atoms with E-state index < -0.39 is 10.7 Å². The van der Waals surface area contributed by atoms with E-state index in [0.717, 1.165) is 6.20 Å². The summed E-state index contributed by atoms with van der Waals surface area (Å²) in [6, 6.07) is -0.318. The molecule has 0 spiro atoms.